The first-order valence-electron chi connectivity index (χ1n) is 5.70. The molecule has 0 saturated heterocycles. The molecule has 0 aliphatic heterocycles. The van der Waals surface area contributed by atoms with Crippen molar-refractivity contribution in [2.45, 2.75) is 13.8 Å². The van der Waals surface area contributed by atoms with Gasteiger partial charge in [-0.1, -0.05) is 41.4 Å². The van der Waals surface area contributed by atoms with E-state index in [2.05, 4.69) is 0 Å². The average molecular weight is 295 g/mol. The first kappa shape index (κ1) is 13.9. The molecule has 0 unspecified atom stereocenters. The fourth-order valence-electron chi connectivity index (χ4n) is 2.14. The van der Waals surface area contributed by atoms with Crippen LogP contribution in [0.4, 0.5) is 0 Å². The van der Waals surface area contributed by atoms with Crippen molar-refractivity contribution in [3.63, 3.8) is 0 Å². The summed E-state index contributed by atoms with van der Waals surface area (Å²) in [5, 5.41) is 10.1. The number of carbonyl (C=O) groups is 1. The average Bonchev–Trinajstić information content (AvgIpc) is 2.31. The Bertz CT molecular complexity index is 640. The first-order chi connectivity index (χ1) is 8.90. The van der Waals surface area contributed by atoms with Gasteiger partial charge in [-0.2, -0.15) is 0 Å². The van der Waals surface area contributed by atoms with Gasteiger partial charge in [-0.15, -0.1) is 0 Å². The number of benzene rings is 2. The summed E-state index contributed by atoms with van der Waals surface area (Å²) in [6.07, 6.45) is 0. The van der Waals surface area contributed by atoms with Crippen LogP contribution in [0, 0.1) is 13.8 Å². The largest absolute Gasteiger partial charge is 0.478 e. The summed E-state index contributed by atoms with van der Waals surface area (Å²) in [5.41, 5.74) is 3.65. The van der Waals surface area contributed by atoms with Crippen LogP contribution in [0.5, 0.6) is 0 Å². The van der Waals surface area contributed by atoms with Crippen molar-refractivity contribution < 1.29 is 9.90 Å². The third-order valence-electron chi connectivity index (χ3n) is 3.00. The zero-order valence-corrected chi connectivity index (χ0v) is 12.0. The second kappa shape index (κ2) is 5.24. The summed E-state index contributed by atoms with van der Waals surface area (Å²) < 4.78 is 0. The lowest BCUT2D eigenvalue weighted by Crippen LogP contribution is -2.03. The second-order valence-corrected chi connectivity index (χ2v) is 5.23. The van der Waals surface area contributed by atoms with Gasteiger partial charge in [-0.25, -0.2) is 4.79 Å². The summed E-state index contributed by atoms with van der Waals surface area (Å²) in [5.74, 6) is -0.907. The number of carboxylic acid groups (broad SMARTS) is 1. The summed E-state index contributed by atoms with van der Waals surface area (Å²) in [6.45, 7) is 3.58. The van der Waals surface area contributed by atoms with Crippen LogP contribution in [0.1, 0.15) is 21.5 Å². The topological polar surface area (TPSA) is 37.3 Å². The molecule has 98 valence electrons. The SMILES string of the molecule is Cc1cc(-c2ccc(Cl)c(Cl)c2)cc(C)c1C(=O)O. The molecule has 2 aromatic carbocycles. The maximum absolute atomic E-state index is 11.2. The maximum atomic E-state index is 11.2. The lowest BCUT2D eigenvalue weighted by Gasteiger charge is -2.10. The molecule has 2 aromatic rings. The maximum Gasteiger partial charge on any atom is 0.336 e. The molecule has 0 heterocycles. The molecule has 0 radical (unpaired) electrons. The van der Waals surface area contributed by atoms with E-state index in [0.29, 0.717) is 15.6 Å². The Balaban J connectivity index is 2.58. The van der Waals surface area contributed by atoms with Crippen molar-refractivity contribution in [2.24, 2.45) is 0 Å². The van der Waals surface area contributed by atoms with Crippen LogP contribution in [0.15, 0.2) is 30.3 Å². The highest BCUT2D eigenvalue weighted by atomic mass is 35.5. The molecule has 0 amide bonds. The van der Waals surface area contributed by atoms with Gasteiger partial charge in [-0.05, 0) is 48.2 Å². The van der Waals surface area contributed by atoms with Gasteiger partial charge in [0.25, 0.3) is 0 Å². The number of carboxylic acids is 1. The minimum absolute atomic E-state index is 0.351. The summed E-state index contributed by atoms with van der Waals surface area (Å²) in [4.78, 5) is 11.2. The van der Waals surface area contributed by atoms with Gasteiger partial charge in [-0.3, -0.25) is 0 Å². The van der Waals surface area contributed by atoms with Gasteiger partial charge in [0, 0.05) is 0 Å². The van der Waals surface area contributed by atoms with E-state index in [-0.39, 0.29) is 0 Å². The number of rotatable bonds is 2. The zero-order valence-electron chi connectivity index (χ0n) is 10.5. The first-order valence-corrected chi connectivity index (χ1v) is 6.45. The van der Waals surface area contributed by atoms with Gasteiger partial charge in [0.15, 0.2) is 0 Å². The smallest absolute Gasteiger partial charge is 0.336 e. The van der Waals surface area contributed by atoms with Crippen molar-refractivity contribution in [3.05, 3.63) is 57.1 Å². The van der Waals surface area contributed by atoms with Crippen molar-refractivity contribution >= 4 is 29.2 Å². The normalized spacial score (nSPS) is 10.5. The Kier molecular flexibility index (Phi) is 3.83. The van der Waals surface area contributed by atoms with Crippen LogP contribution in [0.3, 0.4) is 0 Å². The number of hydrogen-bond donors (Lipinski definition) is 1. The van der Waals surface area contributed by atoms with Gasteiger partial charge < -0.3 is 5.11 Å². The molecular formula is C15H12Cl2O2. The fourth-order valence-corrected chi connectivity index (χ4v) is 2.44. The number of aromatic carboxylic acids is 1. The van der Waals surface area contributed by atoms with Crippen LogP contribution in [-0.2, 0) is 0 Å². The Morgan fingerprint density at radius 2 is 1.53 bits per heavy atom. The van der Waals surface area contributed by atoms with E-state index >= 15 is 0 Å². The Morgan fingerprint density at radius 1 is 0.947 bits per heavy atom. The molecular weight excluding hydrogens is 283 g/mol. The second-order valence-electron chi connectivity index (χ2n) is 4.42. The number of aryl methyl sites for hydroxylation is 2. The van der Waals surface area contributed by atoms with Crippen LogP contribution in [0.25, 0.3) is 11.1 Å². The summed E-state index contributed by atoms with van der Waals surface area (Å²) in [6, 6.07) is 9.06. The molecule has 0 aliphatic carbocycles. The predicted octanol–water partition coefficient (Wildman–Crippen LogP) is 4.98. The molecule has 0 spiro atoms. The van der Waals surface area contributed by atoms with E-state index < -0.39 is 5.97 Å². The van der Waals surface area contributed by atoms with Crippen molar-refractivity contribution in [3.8, 4) is 11.1 Å². The third-order valence-corrected chi connectivity index (χ3v) is 3.74. The molecule has 4 heteroatoms. The van der Waals surface area contributed by atoms with Crippen LogP contribution < -0.4 is 0 Å². The monoisotopic (exact) mass is 294 g/mol. The predicted molar refractivity (Wildman–Crippen MR) is 78.3 cm³/mol. The highest BCUT2D eigenvalue weighted by molar-refractivity contribution is 6.42. The van der Waals surface area contributed by atoms with Crippen molar-refractivity contribution in [2.75, 3.05) is 0 Å². The zero-order chi connectivity index (χ0) is 14.2. The number of hydrogen-bond acceptors (Lipinski definition) is 1. The molecule has 0 bridgehead atoms. The molecule has 0 atom stereocenters. The van der Waals surface area contributed by atoms with E-state index in [1.165, 1.54) is 0 Å². The van der Waals surface area contributed by atoms with Gasteiger partial charge in [0.2, 0.25) is 0 Å². The summed E-state index contributed by atoms with van der Waals surface area (Å²) in [7, 11) is 0. The van der Waals surface area contributed by atoms with E-state index in [9.17, 15) is 4.79 Å². The fraction of sp³-hybridized carbons (Fsp3) is 0.133. The summed E-state index contributed by atoms with van der Waals surface area (Å²) >= 11 is 11.9. The van der Waals surface area contributed by atoms with Gasteiger partial charge in [0.1, 0.15) is 0 Å². The van der Waals surface area contributed by atoms with E-state index in [1.54, 1.807) is 26.0 Å². The Hall–Kier alpha value is -1.51. The molecule has 2 rings (SSSR count). The van der Waals surface area contributed by atoms with Crippen LogP contribution in [0.2, 0.25) is 10.0 Å². The lowest BCUT2D eigenvalue weighted by atomic mass is 9.96. The van der Waals surface area contributed by atoms with E-state index in [4.69, 9.17) is 28.3 Å². The van der Waals surface area contributed by atoms with Crippen LogP contribution >= 0.6 is 23.2 Å². The highest BCUT2D eigenvalue weighted by Gasteiger charge is 2.13. The minimum atomic E-state index is -0.907. The lowest BCUT2D eigenvalue weighted by molar-refractivity contribution is 0.0695. The van der Waals surface area contributed by atoms with Crippen molar-refractivity contribution in [1.82, 2.24) is 0 Å². The molecule has 19 heavy (non-hydrogen) atoms. The van der Waals surface area contributed by atoms with Gasteiger partial charge in [0.05, 0.1) is 15.6 Å². The quantitative estimate of drug-likeness (QED) is 0.848. The van der Waals surface area contributed by atoms with Gasteiger partial charge >= 0.3 is 5.97 Å². The Morgan fingerprint density at radius 3 is 2.00 bits per heavy atom. The van der Waals surface area contributed by atoms with E-state index in [0.717, 1.165) is 22.3 Å². The molecule has 0 saturated carbocycles. The molecule has 1 N–H and O–H groups in total. The molecule has 0 fully saturated rings. The molecule has 0 aromatic heterocycles. The molecule has 0 aliphatic rings. The van der Waals surface area contributed by atoms with Crippen molar-refractivity contribution in [1.29, 1.82) is 0 Å². The minimum Gasteiger partial charge on any atom is -0.478 e. The molecule has 2 nitrogen and oxygen atoms in total. The van der Waals surface area contributed by atoms with E-state index in [1.807, 2.05) is 18.2 Å². The highest BCUT2D eigenvalue weighted by Crippen LogP contribution is 2.30. The third kappa shape index (κ3) is 2.75. The number of halogens is 2. The Labute approximate surface area is 121 Å². The van der Waals surface area contributed by atoms with Crippen LogP contribution in [-0.4, -0.2) is 11.1 Å². The standard InChI is InChI=1S/C15H12Cl2O2/c1-8-5-11(6-9(2)14(8)15(18)19)10-3-4-12(16)13(17)7-10/h3-7H,1-2H3,(H,18,19).